The van der Waals surface area contributed by atoms with Gasteiger partial charge in [0.15, 0.2) is 17.3 Å². The highest BCUT2D eigenvalue weighted by atomic mass is 32.2. The third kappa shape index (κ3) is 5.31. The number of thioether (sulfide) groups is 1. The van der Waals surface area contributed by atoms with E-state index in [9.17, 15) is 4.79 Å². The summed E-state index contributed by atoms with van der Waals surface area (Å²) in [6.07, 6.45) is 7.50. The number of rotatable bonds is 8. The Bertz CT molecular complexity index is 1240. The van der Waals surface area contributed by atoms with Gasteiger partial charge < -0.3 is 14.2 Å². The highest BCUT2D eigenvalue weighted by Gasteiger charge is 2.37. The monoisotopic (exact) mass is 504 g/mol. The van der Waals surface area contributed by atoms with E-state index in [-0.39, 0.29) is 11.4 Å². The van der Waals surface area contributed by atoms with Gasteiger partial charge in [-0.1, -0.05) is 43.5 Å². The van der Waals surface area contributed by atoms with Crippen molar-refractivity contribution in [1.82, 2.24) is 5.01 Å². The number of amidine groups is 2. The summed E-state index contributed by atoms with van der Waals surface area (Å²) < 4.78 is 17.0. The molecule has 36 heavy (non-hydrogen) atoms. The molecule has 0 unspecified atom stereocenters. The van der Waals surface area contributed by atoms with Gasteiger partial charge in [0.1, 0.15) is 24.0 Å². The first-order valence-electron chi connectivity index (χ1n) is 12.1. The number of hydrazone groups is 1. The van der Waals surface area contributed by atoms with Gasteiger partial charge in [-0.2, -0.15) is 15.1 Å². The average Bonchev–Trinajstić information content (AvgIpc) is 3.35. The van der Waals surface area contributed by atoms with Crippen LogP contribution in [0.5, 0.6) is 17.2 Å². The summed E-state index contributed by atoms with van der Waals surface area (Å²) in [7, 11) is 1.56. The first-order chi connectivity index (χ1) is 17.6. The Balaban J connectivity index is 1.27. The van der Waals surface area contributed by atoms with Crippen LogP contribution in [0, 0.1) is 11.3 Å². The summed E-state index contributed by atoms with van der Waals surface area (Å²) in [6, 6.07) is 14.9. The molecule has 0 bridgehead atoms. The summed E-state index contributed by atoms with van der Waals surface area (Å²) in [5.74, 6) is 1.88. The van der Waals surface area contributed by atoms with Crippen LogP contribution < -0.4 is 14.2 Å². The first-order valence-corrected chi connectivity index (χ1v) is 12.9. The molecule has 2 heterocycles. The van der Waals surface area contributed by atoms with Gasteiger partial charge in [-0.3, -0.25) is 10.2 Å². The molecule has 186 valence electrons. The Morgan fingerprint density at radius 3 is 2.61 bits per heavy atom. The van der Waals surface area contributed by atoms with Gasteiger partial charge in [-0.15, -0.1) is 0 Å². The lowest BCUT2D eigenvalue weighted by molar-refractivity contribution is -0.114. The largest absolute Gasteiger partial charge is 0.493 e. The Kier molecular flexibility index (Phi) is 7.36. The summed E-state index contributed by atoms with van der Waals surface area (Å²) in [4.78, 5) is 17.0. The zero-order valence-corrected chi connectivity index (χ0v) is 20.9. The third-order valence-electron chi connectivity index (χ3n) is 6.28. The summed E-state index contributed by atoms with van der Waals surface area (Å²) in [5, 5.41) is 16.2. The van der Waals surface area contributed by atoms with Crippen LogP contribution in [0.25, 0.3) is 6.08 Å². The second kappa shape index (κ2) is 11.0. The number of hydrogen-bond acceptors (Lipinski definition) is 7. The number of hydrogen-bond donors (Lipinski definition) is 1. The van der Waals surface area contributed by atoms with Gasteiger partial charge in [0.05, 0.1) is 12.7 Å². The van der Waals surface area contributed by atoms with Crippen LogP contribution in [0.15, 0.2) is 64.2 Å². The second-order valence-corrected chi connectivity index (χ2v) is 9.70. The number of amides is 1. The van der Waals surface area contributed by atoms with E-state index < -0.39 is 5.91 Å². The van der Waals surface area contributed by atoms with Gasteiger partial charge >= 0.3 is 0 Å². The van der Waals surface area contributed by atoms with Crippen molar-refractivity contribution in [3.8, 4) is 17.2 Å². The summed E-state index contributed by atoms with van der Waals surface area (Å²) in [5.41, 5.74) is 0.898. The highest BCUT2D eigenvalue weighted by Crippen LogP contribution is 2.36. The molecule has 8 nitrogen and oxygen atoms in total. The molecule has 2 aromatic rings. The molecule has 0 radical (unpaired) electrons. The van der Waals surface area contributed by atoms with E-state index in [1.807, 2.05) is 36.4 Å². The molecular formula is C27H28N4O4S. The van der Waals surface area contributed by atoms with Crippen LogP contribution >= 0.6 is 11.8 Å². The van der Waals surface area contributed by atoms with Gasteiger partial charge in [0, 0.05) is 5.92 Å². The SMILES string of the molecule is COc1cc(/C=C2/C(=N)N3N=C(C4CCCCC4)SC3=NC2=O)ccc1OCCOc1ccccc1. The van der Waals surface area contributed by atoms with Crippen LogP contribution in [0.4, 0.5) is 0 Å². The number of para-hydroxylation sites is 1. The van der Waals surface area contributed by atoms with Crippen molar-refractivity contribution in [1.29, 1.82) is 5.41 Å². The maximum Gasteiger partial charge on any atom is 0.283 e. The molecular weight excluding hydrogens is 476 g/mol. The van der Waals surface area contributed by atoms with Crippen LogP contribution in [0.1, 0.15) is 37.7 Å². The smallest absolute Gasteiger partial charge is 0.283 e. The van der Waals surface area contributed by atoms with Gasteiger partial charge in [0.2, 0.25) is 5.17 Å². The number of carbonyl (C=O) groups is 1. The molecule has 5 rings (SSSR count). The minimum Gasteiger partial charge on any atom is -0.493 e. The molecule has 1 saturated carbocycles. The molecule has 2 aromatic carbocycles. The standard InChI is InChI=1S/C27H28N4O4S/c1-33-23-17-18(12-13-22(23)35-15-14-34-20-10-6-3-7-11-20)16-21-24(28)31-27(29-25(21)32)36-26(30-31)19-8-4-2-5-9-19/h3,6-7,10-13,16-17,19,28H,2,4-5,8-9,14-15H2,1H3/b21-16-,28-24?. The number of fused-ring (bicyclic) bond motifs is 1. The van der Waals surface area contributed by atoms with Gasteiger partial charge in [0.25, 0.3) is 5.91 Å². The maximum atomic E-state index is 12.8. The fraction of sp³-hybridized carbons (Fsp3) is 0.333. The predicted octanol–water partition coefficient (Wildman–Crippen LogP) is 5.35. The Morgan fingerprint density at radius 1 is 1.06 bits per heavy atom. The molecule has 1 fully saturated rings. The van der Waals surface area contributed by atoms with Crippen molar-refractivity contribution in [3.05, 3.63) is 59.7 Å². The molecule has 0 spiro atoms. The Morgan fingerprint density at radius 2 is 1.83 bits per heavy atom. The maximum absolute atomic E-state index is 12.8. The van der Waals surface area contributed by atoms with Crippen molar-refractivity contribution >= 4 is 39.8 Å². The van der Waals surface area contributed by atoms with Crippen LogP contribution in [0.2, 0.25) is 0 Å². The minimum absolute atomic E-state index is 0.0423. The van der Waals surface area contributed by atoms with Crippen molar-refractivity contribution in [2.75, 3.05) is 20.3 Å². The van der Waals surface area contributed by atoms with E-state index in [1.165, 1.54) is 36.0 Å². The molecule has 2 aliphatic heterocycles. The van der Waals surface area contributed by atoms with Gasteiger partial charge in [-0.25, -0.2) is 0 Å². The van der Waals surface area contributed by atoms with Crippen LogP contribution in [0.3, 0.4) is 0 Å². The Hall–Kier alpha value is -3.59. The zero-order chi connectivity index (χ0) is 24.9. The summed E-state index contributed by atoms with van der Waals surface area (Å²) >= 11 is 1.42. The molecule has 3 aliphatic rings. The molecule has 1 aliphatic carbocycles. The highest BCUT2D eigenvalue weighted by molar-refractivity contribution is 8.27. The van der Waals surface area contributed by atoms with E-state index >= 15 is 0 Å². The Labute approximate surface area is 214 Å². The van der Waals surface area contributed by atoms with E-state index in [0.29, 0.717) is 41.4 Å². The lowest BCUT2D eigenvalue weighted by Gasteiger charge is -2.20. The lowest BCUT2D eigenvalue weighted by Crippen LogP contribution is -2.35. The number of carbonyl (C=O) groups excluding carboxylic acids is 1. The van der Waals surface area contributed by atoms with E-state index in [4.69, 9.17) is 19.6 Å². The van der Waals surface area contributed by atoms with E-state index in [2.05, 4.69) is 10.1 Å². The number of methoxy groups -OCH3 is 1. The number of aliphatic imine (C=N–C) groups is 1. The molecule has 9 heteroatoms. The van der Waals surface area contributed by atoms with Crippen molar-refractivity contribution in [3.63, 3.8) is 0 Å². The minimum atomic E-state index is -0.434. The van der Waals surface area contributed by atoms with Crippen molar-refractivity contribution in [2.24, 2.45) is 16.0 Å². The van der Waals surface area contributed by atoms with Crippen LogP contribution in [-0.4, -0.2) is 47.3 Å². The van der Waals surface area contributed by atoms with Crippen molar-refractivity contribution in [2.45, 2.75) is 32.1 Å². The third-order valence-corrected chi connectivity index (χ3v) is 7.35. The molecule has 1 N–H and O–H groups in total. The average molecular weight is 505 g/mol. The van der Waals surface area contributed by atoms with E-state index in [0.717, 1.165) is 23.6 Å². The molecule has 0 atom stereocenters. The number of nitrogens with zero attached hydrogens (tertiary/aromatic N) is 3. The fourth-order valence-corrected chi connectivity index (χ4v) is 5.47. The zero-order valence-electron chi connectivity index (χ0n) is 20.1. The molecule has 0 aromatic heterocycles. The topological polar surface area (TPSA) is 96.6 Å². The van der Waals surface area contributed by atoms with Crippen LogP contribution in [-0.2, 0) is 4.79 Å². The number of nitrogens with one attached hydrogen (secondary N) is 1. The number of ether oxygens (including phenoxy) is 3. The number of benzene rings is 2. The predicted molar refractivity (Wildman–Crippen MR) is 142 cm³/mol. The van der Waals surface area contributed by atoms with Gasteiger partial charge in [-0.05, 0) is 60.5 Å². The summed E-state index contributed by atoms with van der Waals surface area (Å²) in [6.45, 7) is 0.739. The fourth-order valence-electron chi connectivity index (χ4n) is 4.41. The molecule has 1 amide bonds. The quantitative estimate of drug-likeness (QED) is 0.384. The normalized spacial score (nSPS) is 19.1. The second-order valence-electron chi connectivity index (χ2n) is 8.71. The lowest BCUT2D eigenvalue weighted by atomic mass is 9.90. The first kappa shape index (κ1) is 24.1. The molecule has 0 saturated heterocycles. The van der Waals surface area contributed by atoms with Crippen molar-refractivity contribution < 1.29 is 19.0 Å². The van der Waals surface area contributed by atoms with E-state index in [1.54, 1.807) is 25.3 Å².